The van der Waals surface area contributed by atoms with E-state index >= 15 is 0 Å². The molecule has 1 atom stereocenters. The van der Waals surface area contributed by atoms with Gasteiger partial charge in [-0.05, 0) is 93.4 Å². The molecule has 18 heteroatoms. The van der Waals surface area contributed by atoms with Crippen LogP contribution >= 0.6 is 0 Å². The van der Waals surface area contributed by atoms with Crippen LogP contribution in [0.3, 0.4) is 0 Å². The molecular weight excluding hydrogens is 873 g/mol. The summed E-state index contributed by atoms with van der Waals surface area (Å²) in [5.74, 6) is 6.98. The van der Waals surface area contributed by atoms with E-state index in [1.165, 1.54) is 9.13 Å². The van der Waals surface area contributed by atoms with E-state index in [2.05, 4.69) is 36.7 Å². The van der Waals surface area contributed by atoms with Gasteiger partial charge in [0.05, 0.1) is 35.4 Å². The first kappa shape index (κ1) is 45.2. The largest absolute Gasteiger partial charge is 0.343 e. The third kappa shape index (κ3) is 8.49. The van der Waals surface area contributed by atoms with Crippen molar-refractivity contribution in [3.8, 4) is 23.0 Å². The van der Waals surface area contributed by atoms with Crippen molar-refractivity contribution < 1.29 is 28.0 Å². The van der Waals surface area contributed by atoms with Gasteiger partial charge in [-0.2, -0.15) is 10.2 Å². The summed E-state index contributed by atoms with van der Waals surface area (Å²) in [6.45, 7) is 6.74. The monoisotopic (exact) mass is 929 g/mol. The second kappa shape index (κ2) is 18.5. The Morgan fingerprint density at radius 3 is 2.44 bits per heavy atom. The van der Waals surface area contributed by atoms with Crippen LogP contribution in [0.15, 0.2) is 47.5 Å². The summed E-state index contributed by atoms with van der Waals surface area (Å²) in [4.78, 5) is 72.3. The van der Waals surface area contributed by atoms with Gasteiger partial charge in [0, 0.05) is 113 Å². The van der Waals surface area contributed by atoms with E-state index in [-0.39, 0.29) is 53.8 Å². The third-order valence-electron chi connectivity index (χ3n) is 14.8. The third-order valence-corrected chi connectivity index (χ3v) is 14.8. The lowest BCUT2D eigenvalue weighted by Crippen LogP contribution is -2.44. The van der Waals surface area contributed by atoms with Crippen LogP contribution in [0, 0.1) is 17.8 Å². The Hall–Kier alpha value is -6.61. The van der Waals surface area contributed by atoms with Gasteiger partial charge < -0.3 is 19.6 Å². The van der Waals surface area contributed by atoms with Crippen LogP contribution in [0.1, 0.15) is 105 Å². The predicted octanol–water partition coefficient (Wildman–Crippen LogP) is 5.16. The first-order valence-electron chi connectivity index (χ1n) is 24.0. The van der Waals surface area contributed by atoms with E-state index in [1.807, 2.05) is 34.1 Å². The molecule has 5 aliphatic rings. The first-order valence-corrected chi connectivity index (χ1v) is 24.0. The highest BCUT2D eigenvalue weighted by atomic mass is 19.3. The number of alkyl halides is 2. The molecule has 1 unspecified atom stereocenters. The van der Waals surface area contributed by atoms with Crippen molar-refractivity contribution in [3.63, 3.8) is 0 Å². The van der Waals surface area contributed by atoms with Crippen LogP contribution in [0.4, 0.5) is 20.3 Å². The molecule has 0 bridgehead atoms. The molecule has 8 heterocycles. The fourth-order valence-electron chi connectivity index (χ4n) is 11.1. The topological polar surface area (TPSA) is 156 Å². The summed E-state index contributed by atoms with van der Waals surface area (Å²) in [7, 11) is 3.45. The van der Waals surface area contributed by atoms with Gasteiger partial charge in [-0.3, -0.25) is 43.0 Å². The van der Waals surface area contributed by atoms with Crippen molar-refractivity contribution in [3.05, 3.63) is 81.2 Å². The fraction of sp³-hybridized carbons (Fsp3) is 0.500. The van der Waals surface area contributed by atoms with Gasteiger partial charge in [0.1, 0.15) is 6.04 Å². The number of carbonyl (C=O) groups excluding carboxylic acids is 4. The number of aromatic nitrogens is 6. The van der Waals surface area contributed by atoms with Crippen LogP contribution in [-0.2, 0) is 52.7 Å². The van der Waals surface area contributed by atoms with Crippen molar-refractivity contribution in [2.75, 3.05) is 50.7 Å². The van der Waals surface area contributed by atoms with E-state index in [0.717, 1.165) is 79.9 Å². The molecule has 3 saturated heterocycles. The molecule has 0 saturated carbocycles. The van der Waals surface area contributed by atoms with Crippen molar-refractivity contribution in [1.82, 2.24) is 48.7 Å². The molecule has 2 aromatic carbocycles. The number of rotatable bonds is 8. The predicted molar refractivity (Wildman–Crippen MR) is 250 cm³/mol. The number of piperidine rings is 3. The number of carbonyl (C=O) groups is 4. The van der Waals surface area contributed by atoms with Gasteiger partial charge in [0.2, 0.25) is 23.6 Å². The van der Waals surface area contributed by atoms with Crippen LogP contribution in [0.25, 0.3) is 22.2 Å². The fourth-order valence-corrected chi connectivity index (χ4v) is 11.1. The molecule has 3 fully saturated rings. The summed E-state index contributed by atoms with van der Waals surface area (Å²) in [6, 6.07) is 8.36. The Morgan fingerprint density at radius 2 is 1.72 bits per heavy atom. The molecule has 4 amide bonds. The zero-order chi connectivity index (χ0) is 47.4. The quantitative estimate of drug-likeness (QED) is 0.164. The second-order valence-electron chi connectivity index (χ2n) is 19.0. The molecule has 0 spiro atoms. The highest BCUT2D eigenvalue weighted by Gasteiger charge is 2.36. The van der Waals surface area contributed by atoms with Crippen molar-refractivity contribution in [1.29, 1.82) is 0 Å². The minimum Gasteiger partial charge on any atom is -0.343 e. The summed E-state index contributed by atoms with van der Waals surface area (Å²) < 4.78 is 36.2. The number of para-hydroxylation sites is 1. The van der Waals surface area contributed by atoms with Gasteiger partial charge >= 0.3 is 5.69 Å². The summed E-state index contributed by atoms with van der Waals surface area (Å²) in [5, 5.41) is 11.9. The maximum atomic E-state index is 14.7. The number of hydrogen-bond acceptors (Lipinski definition) is 9. The van der Waals surface area contributed by atoms with Crippen molar-refractivity contribution >= 4 is 46.2 Å². The lowest BCUT2D eigenvalue weighted by molar-refractivity contribution is -0.136. The van der Waals surface area contributed by atoms with E-state index in [0.29, 0.717) is 79.8 Å². The normalized spacial score (nSPS) is 19.6. The number of likely N-dealkylation sites (tertiary alicyclic amines) is 2. The molecule has 16 nitrogen and oxygen atoms in total. The lowest BCUT2D eigenvalue weighted by Gasteiger charge is -2.35. The van der Waals surface area contributed by atoms with Gasteiger partial charge in [0.25, 0.3) is 6.43 Å². The highest BCUT2D eigenvalue weighted by Crippen LogP contribution is 2.44. The molecule has 3 aromatic heterocycles. The van der Waals surface area contributed by atoms with Gasteiger partial charge in [-0.15, -0.1) is 0 Å². The Labute approximate surface area is 392 Å². The molecule has 68 heavy (non-hydrogen) atoms. The highest BCUT2D eigenvalue weighted by molar-refractivity contribution is 6.00. The smallest absolute Gasteiger partial charge is 0.329 e. The molecule has 1 N–H and O–H groups in total. The number of nitrogens with one attached hydrogen (secondary N) is 1. The first-order chi connectivity index (χ1) is 32.8. The number of imide groups is 1. The van der Waals surface area contributed by atoms with E-state index < -0.39 is 18.4 Å². The number of hydrogen-bond donors (Lipinski definition) is 1. The number of anilines is 2. The summed E-state index contributed by atoms with van der Waals surface area (Å²) in [6.07, 6.45) is 7.00. The standard InChI is InChI=1S/C50H57F2N11O5/c1-31(64)60-25-17-40-39(30-60)48(61-19-5-7-34-26-37(35-28-53-56(2)29-35)38(47(51)52)27-43(34)61)55-63(40)36-15-23-59(24-16-36)45(66)18-22-58-20-13-32(14-21-58)9-10-33-6-4-8-41-46(33)57(3)50(68)62(41)42-11-12-44(65)54-49(42)67/h4,6,8,26-29,32,36,42,47H,5,7,11-25,30H2,1-3H3,(H,54,65,67). The molecule has 10 rings (SSSR count). The van der Waals surface area contributed by atoms with Gasteiger partial charge in [-0.1, -0.05) is 17.9 Å². The maximum absolute atomic E-state index is 14.7. The Bertz CT molecular complexity index is 2940. The van der Waals surface area contributed by atoms with E-state index in [1.54, 1.807) is 44.2 Å². The number of imidazole rings is 1. The van der Waals surface area contributed by atoms with Gasteiger partial charge in [0.15, 0.2) is 5.82 Å². The van der Waals surface area contributed by atoms with E-state index in [9.17, 15) is 32.8 Å². The molecule has 0 radical (unpaired) electrons. The minimum absolute atomic E-state index is 0.0131. The number of benzene rings is 2. The Kier molecular flexibility index (Phi) is 12.3. The average Bonchev–Trinajstić information content (AvgIpc) is 4.02. The molecule has 5 aliphatic heterocycles. The maximum Gasteiger partial charge on any atom is 0.329 e. The van der Waals surface area contributed by atoms with Crippen LogP contribution in [0.2, 0.25) is 0 Å². The Morgan fingerprint density at radius 1 is 0.926 bits per heavy atom. The number of fused-ring (bicyclic) bond motifs is 3. The Balaban J connectivity index is 0.773. The summed E-state index contributed by atoms with van der Waals surface area (Å²) in [5.41, 5.74) is 6.52. The molecule has 356 valence electrons. The zero-order valence-corrected chi connectivity index (χ0v) is 38.8. The van der Waals surface area contributed by atoms with Crippen LogP contribution in [0.5, 0.6) is 0 Å². The molecule has 5 aromatic rings. The van der Waals surface area contributed by atoms with Crippen LogP contribution in [-0.4, -0.2) is 113 Å². The SMILES string of the molecule is CC(=O)N1CCc2c(c(N3CCCc4cc(-c5cnn(C)c5)c(C(F)F)cc43)nn2C2CCN(C(=O)CCN3CCC(C#Cc4cccc5c4n(C)c(=O)n5C4CCC(=O)NC4=O)CC3)CC2)C1. The zero-order valence-electron chi connectivity index (χ0n) is 38.8. The average molecular weight is 930 g/mol. The van der Waals surface area contributed by atoms with Crippen molar-refractivity contribution in [2.45, 2.75) is 96.2 Å². The number of halogens is 2. The van der Waals surface area contributed by atoms with Gasteiger partial charge in [-0.25, -0.2) is 13.6 Å². The lowest BCUT2D eigenvalue weighted by atomic mass is 9.92. The number of aryl methyl sites for hydroxylation is 3. The van der Waals surface area contributed by atoms with E-state index in [4.69, 9.17) is 5.10 Å². The number of amides is 4. The second-order valence-corrected chi connectivity index (χ2v) is 19.0. The van der Waals surface area contributed by atoms with Crippen LogP contribution < -0.4 is 15.9 Å². The summed E-state index contributed by atoms with van der Waals surface area (Å²) >= 11 is 0. The minimum atomic E-state index is -2.69. The molecular formula is C50H57F2N11O5. The van der Waals surface area contributed by atoms with Crippen molar-refractivity contribution in [2.24, 2.45) is 20.0 Å². The molecule has 0 aliphatic carbocycles. The number of nitrogens with zero attached hydrogens (tertiary/aromatic N) is 10.